The van der Waals surface area contributed by atoms with Gasteiger partial charge in [0.2, 0.25) is 0 Å². The first-order valence-electron chi connectivity index (χ1n) is 5.83. The van der Waals surface area contributed by atoms with E-state index in [1.807, 2.05) is 0 Å². The summed E-state index contributed by atoms with van der Waals surface area (Å²) < 4.78 is 37.2. The molecule has 2 atom stereocenters. The number of aromatic nitrogens is 1. The van der Waals surface area contributed by atoms with Crippen molar-refractivity contribution in [2.24, 2.45) is 5.84 Å². The number of rotatable bonds is 3. The van der Waals surface area contributed by atoms with Crippen LogP contribution >= 0.6 is 0 Å². The summed E-state index contributed by atoms with van der Waals surface area (Å²) >= 11 is 0. The topological polar surface area (TPSA) is 85.1 Å². The molecule has 0 bridgehead atoms. The number of pyridine rings is 1. The standard InChI is InChI=1S/C11H16FN3O2S/c12-9-5-8(6-14-7-9)11(15-13)10-3-1-2-4-18(10,16)17/h5-7,10-11,15H,1-4,13H2. The van der Waals surface area contributed by atoms with Crippen molar-refractivity contribution in [2.45, 2.75) is 30.6 Å². The van der Waals surface area contributed by atoms with Gasteiger partial charge >= 0.3 is 0 Å². The fourth-order valence-electron chi connectivity index (χ4n) is 2.37. The van der Waals surface area contributed by atoms with E-state index >= 15 is 0 Å². The summed E-state index contributed by atoms with van der Waals surface area (Å²) in [5.41, 5.74) is 2.95. The zero-order valence-electron chi connectivity index (χ0n) is 9.84. The van der Waals surface area contributed by atoms with Crippen molar-refractivity contribution in [3.05, 3.63) is 29.8 Å². The second kappa shape index (κ2) is 5.29. The van der Waals surface area contributed by atoms with Gasteiger partial charge in [-0.3, -0.25) is 16.3 Å². The fraction of sp³-hybridized carbons (Fsp3) is 0.545. The van der Waals surface area contributed by atoms with Gasteiger partial charge in [-0.25, -0.2) is 12.8 Å². The molecule has 0 spiro atoms. The third kappa shape index (κ3) is 2.68. The van der Waals surface area contributed by atoms with Crippen LogP contribution < -0.4 is 11.3 Å². The van der Waals surface area contributed by atoms with Crippen LogP contribution in [0.15, 0.2) is 18.5 Å². The Morgan fingerprint density at radius 3 is 2.83 bits per heavy atom. The maximum Gasteiger partial charge on any atom is 0.155 e. The fourth-order valence-corrected chi connectivity index (χ4v) is 4.46. The predicted octanol–water partition coefficient (Wildman–Crippen LogP) is 0.692. The molecule has 1 aliphatic rings. The Labute approximate surface area is 105 Å². The summed E-state index contributed by atoms with van der Waals surface area (Å²) in [6, 6.07) is 0.653. The molecule has 0 aliphatic carbocycles. The predicted molar refractivity (Wildman–Crippen MR) is 65.7 cm³/mol. The number of nitrogens with zero attached hydrogens (tertiary/aromatic N) is 1. The highest BCUT2D eigenvalue weighted by atomic mass is 32.2. The van der Waals surface area contributed by atoms with Gasteiger partial charge in [-0.15, -0.1) is 0 Å². The maximum atomic E-state index is 13.1. The first-order valence-corrected chi connectivity index (χ1v) is 7.54. The smallest absolute Gasteiger partial charge is 0.155 e. The van der Waals surface area contributed by atoms with Gasteiger partial charge in [0.15, 0.2) is 9.84 Å². The molecule has 2 rings (SSSR count). The average Bonchev–Trinajstić information content (AvgIpc) is 2.32. The van der Waals surface area contributed by atoms with Crippen molar-refractivity contribution < 1.29 is 12.8 Å². The van der Waals surface area contributed by atoms with Crippen LogP contribution in [-0.2, 0) is 9.84 Å². The van der Waals surface area contributed by atoms with Gasteiger partial charge < -0.3 is 0 Å². The molecule has 1 fully saturated rings. The molecule has 7 heteroatoms. The van der Waals surface area contributed by atoms with Crippen LogP contribution in [0.3, 0.4) is 0 Å². The van der Waals surface area contributed by atoms with Gasteiger partial charge in [0, 0.05) is 6.20 Å². The Morgan fingerprint density at radius 2 is 2.22 bits per heavy atom. The van der Waals surface area contributed by atoms with Crippen molar-refractivity contribution in [1.29, 1.82) is 0 Å². The first kappa shape index (κ1) is 13.4. The number of nitrogens with two attached hydrogens (primary N) is 1. The number of hydrazine groups is 1. The minimum atomic E-state index is -3.19. The molecule has 2 heterocycles. The molecule has 18 heavy (non-hydrogen) atoms. The lowest BCUT2D eigenvalue weighted by Gasteiger charge is -2.29. The molecule has 5 nitrogen and oxygen atoms in total. The third-order valence-electron chi connectivity index (χ3n) is 3.27. The summed E-state index contributed by atoms with van der Waals surface area (Å²) in [6.45, 7) is 0. The van der Waals surface area contributed by atoms with Gasteiger partial charge in [0.05, 0.1) is 23.2 Å². The highest BCUT2D eigenvalue weighted by Crippen LogP contribution is 2.30. The Kier molecular flexibility index (Phi) is 3.94. The molecule has 1 aromatic rings. The van der Waals surface area contributed by atoms with Gasteiger partial charge in [-0.1, -0.05) is 6.42 Å². The Hall–Kier alpha value is -1.05. The molecular formula is C11H16FN3O2S. The monoisotopic (exact) mass is 273 g/mol. The number of hydrogen-bond acceptors (Lipinski definition) is 5. The molecule has 2 unspecified atom stereocenters. The normalized spacial score (nSPS) is 24.7. The minimum absolute atomic E-state index is 0.165. The van der Waals surface area contributed by atoms with Crippen LogP contribution in [0, 0.1) is 5.82 Å². The molecule has 0 saturated carbocycles. The lowest BCUT2D eigenvalue weighted by Crippen LogP contribution is -2.43. The second-order valence-electron chi connectivity index (χ2n) is 4.48. The van der Waals surface area contributed by atoms with Crippen LogP contribution in [0.1, 0.15) is 30.9 Å². The van der Waals surface area contributed by atoms with E-state index in [9.17, 15) is 12.8 Å². The summed E-state index contributed by atoms with van der Waals surface area (Å²) in [5, 5.41) is -0.611. The number of sulfone groups is 1. The second-order valence-corrected chi connectivity index (χ2v) is 6.82. The lowest BCUT2D eigenvalue weighted by molar-refractivity contribution is 0.451. The summed E-state index contributed by atoms with van der Waals surface area (Å²) in [7, 11) is -3.19. The zero-order valence-corrected chi connectivity index (χ0v) is 10.7. The van der Waals surface area contributed by atoms with Crippen LogP contribution in [0.25, 0.3) is 0 Å². The molecule has 0 radical (unpaired) electrons. The highest BCUT2D eigenvalue weighted by Gasteiger charge is 2.36. The molecule has 0 aromatic carbocycles. The molecule has 1 aromatic heterocycles. The van der Waals surface area contributed by atoms with E-state index in [4.69, 9.17) is 5.84 Å². The minimum Gasteiger partial charge on any atom is -0.271 e. The third-order valence-corrected chi connectivity index (χ3v) is 5.55. The Bertz CT molecular complexity index is 521. The van der Waals surface area contributed by atoms with Crippen LogP contribution in [0.2, 0.25) is 0 Å². The quantitative estimate of drug-likeness (QED) is 0.625. The summed E-state index contributed by atoms with van der Waals surface area (Å²) in [4.78, 5) is 3.73. The molecule has 3 N–H and O–H groups in total. The van der Waals surface area contributed by atoms with Crippen molar-refractivity contribution in [3.8, 4) is 0 Å². The number of halogens is 1. The van der Waals surface area contributed by atoms with E-state index in [1.165, 1.54) is 12.3 Å². The van der Waals surface area contributed by atoms with Crippen molar-refractivity contribution >= 4 is 9.84 Å². The van der Waals surface area contributed by atoms with E-state index in [1.54, 1.807) is 0 Å². The van der Waals surface area contributed by atoms with Gasteiger partial charge in [0.1, 0.15) is 5.82 Å². The van der Waals surface area contributed by atoms with Crippen molar-refractivity contribution in [1.82, 2.24) is 10.4 Å². The van der Waals surface area contributed by atoms with E-state index in [0.29, 0.717) is 18.4 Å². The molecule has 100 valence electrons. The largest absolute Gasteiger partial charge is 0.271 e. The van der Waals surface area contributed by atoms with Gasteiger partial charge in [0.25, 0.3) is 0 Å². The van der Waals surface area contributed by atoms with Crippen molar-refractivity contribution in [3.63, 3.8) is 0 Å². The number of nitrogens with one attached hydrogen (secondary N) is 1. The van der Waals surface area contributed by atoms with Gasteiger partial charge in [-0.2, -0.15) is 0 Å². The van der Waals surface area contributed by atoms with Crippen molar-refractivity contribution in [2.75, 3.05) is 5.75 Å². The maximum absolute atomic E-state index is 13.1. The Morgan fingerprint density at radius 1 is 1.44 bits per heavy atom. The van der Waals surface area contributed by atoms with E-state index in [-0.39, 0.29) is 5.75 Å². The highest BCUT2D eigenvalue weighted by molar-refractivity contribution is 7.92. The lowest BCUT2D eigenvalue weighted by atomic mass is 10.0. The van der Waals surface area contributed by atoms with E-state index in [2.05, 4.69) is 10.4 Å². The summed E-state index contributed by atoms with van der Waals surface area (Å²) in [5.74, 6) is 5.11. The van der Waals surface area contributed by atoms with Crippen LogP contribution in [0.4, 0.5) is 4.39 Å². The molecule has 1 saturated heterocycles. The average molecular weight is 273 g/mol. The molecular weight excluding hydrogens is 257 g/mol. The SMILES string of the molecule is NNC(c1cncc(F)c1)C1CCCCS1(=O)=O. The first-order chi connectivity index (χ1) is 8.54. The molecule has 1 aliphatic heterocycles. The van der Waals surface area contributed by atoms with E-state index < -0.39 is 26.9 Å². The molecule has 0 amide bonds. The van der Waals surface area contributed by atoms with E-state index in [0.717, 1.165) is 12.6 Å². The van der Waals surface area contributed by atoms with Crippen LogP contribution in [-0.4, -0.2) is 24.4 Å². The Balaban J connectivity index is 2.33. The van der Waals surface area contributed by atoms with Crippen LogP contribution in [0.5, 0.6) is 0 Å². The zero-order chi connectivity index (χ0) is 13.2. The van der Waals surface area contributed by atoms with Gasteiger partial charge in [-0.05, 0) is 24.5 Å². The number of hydrogen-bond donors (Lipinski definition) is 2. The summed E-state index contributed by atoms with van der Waals surface area (Å²) in [6.07, 6.45) is 4.57.